The number of carbonyl (C=O) groups excluding carboxylic acids is 3. The number of fused-ring (bicyclic) bond motifs is 6. The summed E-state index contributed by atoms with van der Waals surface area (Å²) in [6.07, 6.45) is -1.11. The SMILES string of the molecule is CC[C@H]1OC(=O)[C@H](C)[C@H]2OCC3COC(C)(C[C@@H](C)C(=O)[C@H](C)[C@H]4N(CC3=NOCc3ccc5nccnc5c3)C(=O)OC14C)[C@H](O[C@@H]1O[C@H](C)C[C@H](N(C)C)[C@H]1O)[C@H]2C. The summed E-state index contributed by atoms with van der Waals surface area (Å²) in [4.78, 5) is 61.9. The van der Waals surface area contributed by atoms with Gasteiger partial charge in [0.05, 0.1) is 72.4 Å². The van der Waals surface area contributed by atoms with Crippen LogP contribution in [0, 0.1) is 29.6 Å². The Morgan fingerprint density at radius 2 is 1.75 bits per heavy atom. The van der Waals surface area contributed by atoms with Gasteiger partial charge in [0.15, 0.2) is 11.9 Å². The van der Waals surface area contributed by atoms with Crippen LogP contribution in [0.2, 0.25) is 0 Å². The van der Waals surface area contributed by atoms with Crippen molar-refractivity contribution in [3.8, 4) is 0 Å². The Kier molecular flexibility index (Phi) is 12.9. The zero-order valence-corrected chi connectivity index (χ0v) is 36.6. The molecule has 0 saturated carbocycles. The lowest BCUT2D eigenvalue weighted by atomic mass is 9.73. The van der Waals surface area contributed by atoms with Crippen LogP contribution in [-0.2, 0) is 49.5 Å². The summed E-state index contributed by atoms with van der Waals surface area (Å²) < 4.78 is 39.8. The molecule has 5 fully saturated rings. The summed E-state index contributed by atoms with van der Waals surface area (Å²) in [5.74, 6) is -4.01. The molecule has 60 heavy (non-hydrogen) atoms. The Bertz CT molecular complexity index is 1930. The number of likely N-dealkylation sites (N-methyl/N-ethyl adjacent to an activating group) is 1. The van der Waals surface area contributed by atoms with E-state index in [4.69, 9.17) is 38.4 Å². The van der Waals surface area contributed by atoms with Crippen molar-refractivity contribution in [3.63, 3.8) is 0 Å². The van der Waals surface area contributed by atoms with E-state index < -0.39 is 89.6 Å². The Labute approximate surface area is 352 Å². The maximum atomic E-state index is 14.9. The maximum absolute atomic E-state index is 14.9. The van der Waals surface area contributed by atoms with E-state index >= 15 is 0 Å². The van der Waals surface area contributed by atoms with E-state index in [1.165, 1.54) is 4.90 Å². The molecule has 1 aromatic heterocycles. The minimum absolute atomic E-state index is 0.0338. The first kappa shape index (κ1) is 44.3. The minimum atomic E-state index is -1.40. The fourth-order valence-electron chi connectivity index (χ4n) is 10.5. The molecule has 5 aliphatic rings. The van der Waals surface area contributed by atoms with Gasteiger partial charge in [-0.25, -0.2) is 4.79 Å². The van der Waals surface area contributed by atoms with Crippen molar-refractivity contribution in [2.75, 3.05) is 33.9 Å². The van der Waals surface area contributed by atoms with Crippen molar-refractivity contribution < 1.29 is 52.7 Å². The average Bonchev–Trinajstić information content (AvgIpc) is 3.49. The quantitative estimate of drug-likeness (QED) is 0.303. The molecular weight excluding hydrogens is 775 g/mol. The highest BCUT2D eigenvalue weighted by Gasteiger charge is 2.61. The number of carbonyl (C=O) groups is 3. The molecule has 16 heteroatoms. The number of esters is 1. The number of Topliss-reactive ketones (excluding diaryl/α,β-unsaturated/α-hetero) is 1. The van der Waals surface area contributed by atoms with Crippen molar-refractivity contribution in [1.82, 2.24) is 19.8 Å². The topological polar surface area (TPSA) is 181 Å². The Balaban J connectivity index is 1.36. The molecule has 2 aromatic rings. The number of aliphatic hydroxyl groups is 1. The number of ketones is 1. The zero-order chi connectivity index (χ0) is 43.3. The number of cyclic esters (lactones) is 1. The van der Waals surface area contributed by atoms with E-state index in [1.807, 2.05) is 71.8 Å². The van der Waals surface area contributed by atoms with Crippen LogP contribution in [0.15, 0.2) is 35.7 Å². The van der Waals surface area contributed by atoms with Gasteiger partial charge >= 0.3 is 12.1 Å². The molecule has 1 N–H and O–H groups in total. The van der Waals surface area contributed by atoms with E-state index in [2.05, 4.69) is 9.97 Å². The van der Waals surface area contributed by atoms with Gasteiger partial charge in [0.25, 0.3) is 0 Å². The summed E-state index contributed by atoms with van der Waals surface area (Å²) in [5.41, 5.74) is 0.106. The summed E-state index contributed by atoms with van der Waals surface area (Å²) >= 11 is 0. The van der Waals surface area contributed by atoms with Gasteiger partial charge in [-0.3, -0.25) is 24.5 Å². The second-order valence-electron chi connectivity index (χ2n) is 18.4. The largest absolute Gasteiger partial charge is 0.458 e. The molecule has 1 aromatic carbocycles. The van der Waals surface area contributed by atoms with Crippen LogP contribution in [-0.4, -0.2) is 142 Å². The molecule has 3 unspecified atom stereocenters. The second kappa shape index (κ2) is 17.5. The standard InChI is InChI=1S/C44H63N5O11/c1-11-34-44(8)38-25(4)35(50)23(2)18-43(7)39(59-41-36(51)33(48(9)10)16-24(3)57-41)26(5)37(27(6)40(52)58-34)54-21-29(22-55-43)32(19-49(38)42(53)60-44)47-56-20-28-12-13-30-31(17-28)46-15-14-45-30/h12-15,17,23-27,29,33-34,36-39,41,51H,11,16,18-22H2,1-10H3/t23-,24-,25+,26+,27-,29?,33+,34-,36-,37+,38-,39-,41+,43?,44?/m1/s1. The third-order valence-corrected chi connectivity index (χ3v) is 13.7. The van der Waals surface area contributed by atoms with Crippen molar-refractivity contribution >= 4 is 34.6 Å². The summed E-state index contributed by atoms with van der Waals surface area (Å²) in [7, 11) is 3.83. The van der Waals surface area contributed by atoms with E-state index in [9.17, 15) is 19.5 Å². The zero-order valence-electron chi connectivity index (χ0n) is 36.6. The molecular formula is C44H63N5O11. The fourth-order valence-corrected chi connectivity index (χ4v) is 10.5. The second-order valence-corrected chi connectivity index (χ2v) is 18.4. The van der Waals surface area contributed by atoms with Gasteiger partial charge < -0.3 is 43.3 Å². The normalized spacial score (nSPS) is 41.1. The number of oxime groups is 1. The lowest BCUT2D eigenvalue weighted by molar-refractivity contribution is -0.302. The number of nitrogens with zero attached hydrogens (tertiary/aromatic N) is 5. The first-order chi connectivity index (χ1) is 28.4. The predicted octanol–water partition coefficient (Wildman–Crippen LogP) is 4.54. The van der Waals surface area contributed by atoms with Crippen LogP contribution in [0.5, 0.6) is 0 Å². The molecule has 5 aliphatic heterocycles. The number of hydrogen-bond acceptors (Lipinski definition) is 15. The first-order valence-electron chi connectivity index (χ1n) is 21.5. The van der Waals surface area contributed by atoms with Gasteiger partial charge in [-0.2, -0.15) is 0 Å². The van der Waals surface area contributed by atoms with E-state index in [0.717, 1.165) is 11.1 Å². The third kappa shape index (κ3) is 8.39. The first-order valence-corrected chi connectivity index (χ1v) is 21.5. The van der Waals surface area contributed by atoms with Crippen molar-refractivity contribution in [3.05, 3.63) is 36.2 Å². The number of benzene rings is 1. The Hall–Kier alpha value is -3.80. The molecule has 15 atom stereocenters. The number of amides is 1. The lowest BCUT2D eigenvalue weighted by Crippen LogP contribution is -2.61. The number of aliphatic hydroxyl groups excluding tert-OH is 1. The molecule has 5 saturated heterocycles. The summed E-state index contributed by atoms with van der Waals surface area (Å²) in [6, 6.07) is 4.55. The smallest absolute Gasteiger partial charge is 0.411 e. The highest BCUT2D eigenvalue weighted by Crippen LogP contribution is 2.45. The number of ether oxygens (including phenoxy) is 6. The van der Waals surface area contributed by atoms with Crippen LogP contribution < -0.4 is 0 Å². The van der Waals surface area contributed by atoms with E-state index in [0.29, 0.717) is 24.1 Å². The van der Waals surface area contributed by atoms with Crippen LogP contribution in [0.4, 0.5) is 4.79 Å². The molecule has 0 radical (unpaired) electrons. The highest BCUT2D eigenvalue weighted by molar-refractivity contribution is 5.92. The minimum Gasteiger partial charge on any atom is -0.458 e. The molecule has 6 heterocycles. The van der Waals surface area contributed by atoms with Crippen LogP contribution >= 0.6 is 0 Å². The fraction of sp³-hybridized carbons (Fsp3) is 0.727. The molecule has 0 spiro atoms. The highest BCUT2D eigenvalue weighted by atomic mass is 16.7. The van der Waals surface area contributed by atoms with Crippen LogP contribution in [0.3, 0.4) is 0 Å². The Morgan fingerprint density at radius 3 is 2.47 bits per heavy atom. The number of aromatic nitrogens is 2. The molecule has 330 valence electrons. The van der Waals surface area contributed by atoms with E-state index in [-0.39, 0.29) is 50.7 Å². The maximum Gasteiger partial charge on any atom is 0.411 e. The molecule has 6 bridgehead atoms. The van der Waals surface area contributed by atoms with Crippen molar-refractivity contribution in [2.24, 2.45) is 34.7 Å². The number of rotatable bonds is 7. The summed E-state index contributed by atoms with van der Waals surface area (Å²) in [6.45, 7) is 15.0. The van der Waals surface area contributed by atoms with Gasteiger partial charge in [-0.1, -0.05) is 38.9 Å². The molecule has 0 aliphatic carbocycles. The van der Waals surface area contributed by atoms with Gasteiger partial charge in [0.2, 0.25) is 0 Å². The average molecular weight is 838 g/mol. The molecule has 7 rings (SSSR count). The molecule has 16 nitrogen and oxygen atoms in total. The van der Waals surface area contributed by atoms with E-state index in [1.54, 1.807) is 33.2 Å². The van der Waals surface area contributed by atoms with Crippen LogP contribution in [0.1, 0.15) is 80.2 Å². The van der Waals surface area contributed by atoms with Gasteiger partial charge in [0.1, 0.15) is 24.6 Å². The predicted molar refractivity (Wildman–Crippen MR) is 218 cm³/mol. The monoisotopic (exact) mass is 837 g/mol. The molecule has 1 amide bonds. The van der Waals surface area contributed by atoms with Crippen molar-refractivity contribution in [2.45, 2.75) is 141 Å². The van der Waals surface area contributed by atoms with Gasteiger partial charge in [-0.05, 0) is 78.7 Å². The van der Waals surface area contributed by atoms with Crippen LogP contribution in [0.25, 0.3) is 11.0 Å². The lowest BCUT2D eigenvalue weighted by Gasteiger charge is -2.48. The number of hydrogen-bond donors (Lipinski definition) is 1. The summed E-state index contributed by atoms with van der Waals surface area (Å²) in [5, 5.41) is 16.5. The third-order valence-electron chi connectivity index (χ3n) is 13.7. The van der Waals surface area contributed by atoms with Crippen molar-refractivity contribution in [1.29, 1.82) is 0 Å². The van der Waals surface area contributed by atoms with Gasteiger partial charge in [-0.15, -0.1) is 0 Å². The Morgan fingerprint density at radius 1 is 1.02 bits per heavy atom. The van der Waals surface area contributed by atoms with Gasteiger partial charge in [0, 0.05) is 42.1 Å².